The van der Waals surface area contributed by atoms with Crippen LogP contribution in [0.1, 0.15) is 15.9 Å². The lowest BCUT2D eigenvalue weighted by Gasteiger charge is -2.10. The normalized spacial score (nSPS) is 10.8. The van der Waals surface area contributed by atoms with Crippen molar-refractivity contribution in [3.63, 3.8) is 0 Å². The average Bonchev–Trinajstić information content (AvgIpc) is 2.77. The van der Waals surface area contributed by atoms with Crippen LogP contribution in [0.2, 0.25) is 0 Å². The largest absolute Gasteiger partial charge is 0.383 e. The molecular weight excluding hydrogens is 232 g/mol. The van der Waals surface area contributed by atoms with Crippen molar-refractivity contribution in [1.82, 2.24) is 9.61 Å². The molecule has 0 saturated carbocycles. The maximum absolute atomic E-state index is 11.3. The number of aryl methyl sites for hydroxylation is 1. The highest BCUT2D eigenvalue weighted by molar-refractivity contribution is 6.01. The smallest absolute Gasteiger partial charge is 0.252 e. The first-order valence-corrected chi connectivity index (χ1v) is 5.64. The second-order valence-electron chi connectivity index (χ2n) is 3.99. The summed E-state index contributed by atoms with van der Waals surface area (Å²) in [7, 11) is 1.65. The quantitative estimate of drug-likeness (QED) is 0.767. The van der Waals surface area contributed by atoms with Gasteiger partial charge in [0.15, 0.2) is 0 Å². The molecular formula is C12H16N4O2. The van der Waals surface area contributed by atoms with Gasteiger partial charge in [-0.25, -0.2) is 4.52 Å². The highest BCUT2D eigenvalue weighted by atomic mass is 16.5. The van der Waals surface area contributed by atoms with Gasteiger partial charge in [-0.2, -0.15) is 5.10 Å². The summed E-state index contributed by atoms with van der Waals surface area (Å²) in [6.45, 7) is 3.25. The molecule has 2 heterocycles. The van der Waals surface area contributed by atoms with E-state index in [2.05, 4.69) is 10.4 Å². The van der Waals surface area contributed by atoms with E-state index >= 15 is 0 Å². The number of ether oxygens (including phenoxy) is 1. The van der Waals surface area contributed by atoms with Gasteiger partial charge in [-0.1, -0.05) is 0 Å². The van der Waals surface area contributed by atoms with Crippen molar-refractivity contribution in [2.45, 2.75) is 6.92 Å². The lowest BCUT2D eigenvalue weighted by Crippen LogP contribution is -2.12. The van der Waals surface area contributed by atoms with Gasteiger partial charge >= 0.3 is 0 Å². The molecule has 3 N–H and O–H groups in total. The van der Waals surface area contributed by atoms with Crippen LogP contribution in [-0.2, 0) is 4.74 Å². The van der Waals surface area contributed by atoms with Crippen molar-refractivity contribution < 1.29 is 9.53 Å². The molecule has 0 atom stereocenters. The molecule has 0 fully saturated rings. The number of primary amides is 1. The Hall–Kier alpha value is -2.08. The molecule has 0 aromatic carbocycles. The number of nitrogens with two attached hydrogens (primary N) is 1. The fourth-order valence-electron chi connectivity index (χ4n) is 1.91. The Balaban J connectivity index is 2.41. The van der Waals surface area contributed by atoms with E-state index in [0.29, 0.717) is 18.7 Å². The summed E-state index contributed by atoms with van der Waals surface area (Å²) in [6.07, 6.45) is 3.29. The van der Waals surface area contributed by atoms with E-state index < -0.39 is 5.91 Å². The monoisotopic (exact) mass is 248 g/mol. The second-order valence-corrected chi connectivity index (χ2v) is 3.99. The summed E-state index contributed by atoms with van der Waals surface area (Å²) >= 11 is 0. The van der Waals surface area contributed by atoms with Crippen LogP contribution in [0.3, 0.4) is 0 Å². The van der Waals surface area contributed by atoms with Gasteiger partial charge in [-0.15, -0.1) is 0 Å². The van der Waals surface area contributed by atoms with Crippen molar-refractivity contribution in [3.8, 4) is 0 Å². The van der Waals surface area contributed by atoms with Gasteiger partial charge < -0.3 is 15.8 Å². The number of hydrogen-bond donors (Lipinski definition) is 2. The van der Waals surface area contributed by atoms with E-state index in [4.69, 9.17) is 10.5 Å². The third-order valence-corrected chi connectivity index (χ3v) is 2.82. The van der Waals surface area contributed by atoms with Crippen molar-refractivity contribution in [1.29, 1.82) is 0 Å². The number of pyridine rings is 1. The van der Waals surface area contributed by atoms with Gasteiger partial charge in [-0.3, -0.25) is 4.79 Å². The molecule has 0 bridgehead atoms. The fraction of sp³-hybridized carbons (Fsp3) is 0.333. The zero-order chi connectivity index (χ0) is 13.1. The van der Waals surface area contributed by atoms with Gasteiger partial charge in [0, 0.05) is 25.5 Å². The standard InChI is InChI=1S/C12H16N4O2/c1-8-10(14-4-6-18-2)3-5-16-11(8)9(7-15-16)12(13)17/h3,5,7,14H,4,6H2,1-2H3,(H2,13,17). The maximum atomic E-state index is 11.3. The second kappa shape index (κ2) is 5.05. The molecule has 0 aliphatic rings. The summed E-state index contributed by atoms with van der Waals surface area (Å²) in [5.41, 5.74) is 8.40. The Morgan fingerprint density at radius 2 is 2.39 bits per heavy atom. The Bertz CT molecular complexity index is 577. The molecule has 2 aromatic rings. The number of nitrogens with zero attached hydrogens (tertiary/aromatic N) is 2. The number of carbonyl (C=O) groups excluding carboxylic acids is 1. The average molecular weight is 248 g/mol. The van der Waals surface area contributed by atoms with Crippen LogP contribution in [-0.4, -0.2) is 35.8 Å². The molecule has 0 saturated heterocycles. The zero-order valence-electron chi connectivity index (χ0n) is 10.4. The molecule has 6 nitrogen and oxygen atoms in total. The molecule has 0 aliphatic heterocycles. The van der Waals surface area contributed by atoms with E-state index in [1.807, 2.05) is 13.0 Å². The SMILES string of the molecule is COCCNc1ccn2ncc(C(N)=O)c2c1C. The number of amides is 1. The van der Waals surface area contributed by atoms with Crippen molar-refractivity contribution in [2.75, 3.05) is 25.6 Å². The van der Waals surface area contributed by atoms with Gasteiger partial charge in [0.2, 0.25) is 0 Å². The summed E-state index contributed by atoms with van der Waals surface area (Å²) in [5, 5.41) is 7.35. The van der Waals surface area contributed by atoms with E-state index in [9.17, 15) is 4.79 Å². The van der Waals surface area contributed by atoms with Crippen LogP contribution >= 0.6 is 0 Å². The first kappa shape index (κ1) is 12.4. The summed E-state index contributed by atoms with van der Waals surface area (Å²) in [6, 6.07) is 1.91. The van der Waals surface area contributed by atoms with Crippen molar-refractivity contribution >= 4 is 17.1 Å². The maximum Gasteiger partial charge on any atom is 0.252 e. The van der Waals surface area contributed by atoms with Gasteiger partial charge in [0.1, 0.15) is 0 Å². The van der Waals surface area contributed by atoms with E-state index in [1.165, 1.54) is 6.20 Å². The first-order valence-electron chi connectivity index (χ1n) is 5.64. The Morgan fingerprint density at radius 1 is 1.61 bits per heavy atom. The van der Waals surface area contributed by atoms with E-state index in [1.54, 1.807) is 17.8 Å². The molecule has 0 unspecified atom stereocenters. The molecule has 18 heavy (non-hydrogen) atoms. The van der Waals surface area contributed by atoms with Crippen LogP contribution in [0.15, 0.2) is 18.5 Å². The van der Waals surface area contributed by atoms with Gasteiger partial charge in [-0.05, 0) is 18.6 Å². The number of hydrogen-bond acceptors (Lipinski definition) is 4. The number of rotatable bonds is 5. The highest BCUT2D eigenvalue weighted by Crippen LogP contribution is 2.22. The number of nitrogens with one attached hydrogen (secondary N) is 1. The summed E-state index contributed by atoms with van der Waals surface area (Å²) in [5.74, 6) is -0.470. The molecule has 6 heteroatoms. The number of methoxy groups -OCH3 is 1. The van der Waals surface area contributed by atoms with Crippen molar-refractivity contribution in [2.24, 2.45) is 5.73 Å². The van der Waals surface area contributed by atoms with E-state index in [-0.39, 0.29) is 0 Å². The fourth-order valence-corrected chi connectivity index (χ4v) is 1.91. The van der Waals surface area contributed by atoms with Gasteiger partial charge in [0.25, 0.3) is 5.91 Å². The highest BCUT2D eigenvalue weighted by Gasteiger charge is 2.13. The van der Waals surface area contributed by atoms with Crippen LogP contribution in [0.25, 0.3) is 5.52 Å². The van der Waals surface area contributed by atoms with Crippen LogP contribution in [0.5, 0.6) is 0 Å². The summed E-state index contributed by atoms with van der Waals surface area (Å²) in [4.78, 5) is 11.3. The third-order valence-electron chi connectivity index (χ3n) is 2.82. The lowest BCUT2D eigenvalue weighted by molar-refractivity contribution is 0.100. The van der Waals surface area contributed by atoms with Gasteiger partial charge in [0.05, 0.1) is 23.9 Å². The summed E-state index contributed by atoms with van der Waals surface area (Å²) < 4.78 is 6.63. The Morgan fingerprint density at radius 3 is 3.06 bits per heavy atom. The number of fused-ring (bicyclic) bond motifs is 1. The molecule has 0 spiro atoms. The minimum absolute atomic E-state index is 0.433. The number of carbonyl (C=O) groups is 1. The third kappa shape index (κ3) is 2.14. The molecule has 96 valence electrons. The molecule has 0 radical (unpaired) electrons. The van der Waals surface area contributed by atoms with Crippen LogP contribution in [0, 0.1) is 6.92 Å². The zero-order valence-corrected chi connectivity index (χ0v) is 10.4. The minimum Gasteiger partial charge on any atom is -0.383 e. The minimum atomic E-state index is -0.470. The Kier molecular flexibility index (Phi) is 3.47. The predicted octanol–water partition coefficient (Wildman–Crippen LogP) is 0.800. The lowest BCUT2D eigenvalue weighted by atomic mass is 10.1. The number of anilines is 1. The van der Waals surface area contributed by atoms with E-state index in [0.717, 1.165) is 16.8 Å². The predicted molar refractivity (Wildman–Crippen MR) is 68.8 cm³/mol. The molecule has 1 amide bonds. The van der Waals surface area contributed by atoms with Crippen LogP contribution in [0.4, 0.5) is 5.69 Å². The first-order chi connectivity index (χ1) is 8.65. The molecule has 2 aromatic heterocycles. The van der Waals surface area contributed by atoms with Crippen LogP contribution < -0.4 is 11.1 Å². The Labute approximate surface area is 105 Å². The van der Waals surface area contributed by atoms with Crippen molar-refractivity contribution in [3.05, 3.63) is 29.6 Å². The topological polar surface area (TPSA) is 81.7 Å². The molecule has 0 aliphatic carbocycles. The molecule has 2 rings (SSSR count). The number of aromatic nitrogens is 2.